The Balaban J connectivity index is 2.97. The summed E-state index contributed by atoms with van der Waals surface area (Å²) in [5, 5.41) is 0. The number of benzene rings is 1. The van der Waals surface area contributed by atoms with Gasteiger partial charge in [-0.1, -0.05) is 32.0 Å². The molecule has 4 N–H and O–H groups in total. The predicted octanol–water partition coefficient (Wildman–Crippen LogP) is 1.81. The van der Waals surface area contributed by atoms with Crippen molar-refractivity contribution in [1.82, 2.24) is 0 Å². The molecule has 0 aliphatic rings. The summed E-state index contributed by atoms with van der Waals surface area (Å²) in [6.07, 6.45) is 1.91. The minimum atomic E-state index is 0.569. The third-order valence-electron chi connectivity index (χ3n) is 2.61. The summed E-state index contributed by atoms with van der Waals surface area (Å²) in [5.74, 6) is 0.569. The molecule has 0 fully saturated rings. The number of hydrogen-bond donors (Lipinski definition) is 2. The standard InChI is InChI=1S/C13H22N2/c1-10(2)13-8-11(3-5-14)7-12(9-13)4-6-15/h7-10H,3-6,14-15H2,1-2H3. The highest BCUT2D eigenvalue weighted by atomic mass is 14.5. The van der Waals surface area contributed by atoms with E-state index >= 15 is 0 Å². The maximum absolute atomic E-state index is 5.59. The van der Waals surface area contributed by atoms with Gasteiger partial charge < -0.3 is 11.5 Å². The topological polar surface area (TPSA) is 52.0 Å². The lowest BCUT2D eigenvalue weighted by Gasteiger charge is -2.11. The zero-order valence-corrected chi connectivity index (χ0v) is 9.79. The fourth-order valence-corrected chi connectivity index (χ4v) is 1.75. The molecule has 1 aromatic carbocycles. The molecule has 1 rings (SSSR count). The van der Waals surface area contributed by atoms with Crippen molar-refractivity contribution in [3.05, 3.63) is 34.9 Å². The van der Waals surface area contributed by atoms with Crippen molar-refractivity contribution in [2.75, 3.05) is 13.1 Å². The van der Waals surface area contributed by atoms with Gasteiger partial charge in [0.05, 0.1) is 0 Å². The molecule has 0 radical (unpaired) electrons. The van der Waals surface area contributed by atoms with E-state index in [9.17, 15) is 0 Å². The van der Waals surface area contributed by atoms with Gasteiger partial charge in [-0.2, -0.15) is 0 Å². The molecule has 0 aliphatic carbocycles. The molecule has 0 aliphatic heterocycles. The third-order valence-corrected chi connectivity index (χ3v) is 2.61. The molecule has 0 saturated carbocycles. The molecule has 2 nitrogen and oxygen atoms in total. The zero-order valence-electron chi connectivity index (χ0n) is 9.79. The van der Waals surface area contributed by atoms with Crippen LogP contribution in [0.2, 0.25) is 0 Å². The summed E-state index contributed by atoms with van der Waals surface area (Å²) >= 11 is 0. The van der Waals surface area contributed by atoms with E-state index in [0.717, 1.165) is 12.8 Å². The van der Waals surface area contributed by atoms with Gasteiger partial charge in [0.15, 0.2) is 0 Å². The first-order valence-electron chi connectivity index (χ1n) is 5.70. The molecule has 0 aromatic heterocycles. The quantitative estimate of drug-likeness (QED) is 0.772. The van der Waals surface area contributed by atoms with Crippen molar-refractivity contribution < 1.29 is 0 Å². The molecule has 2 heteroatoms. The first kappa shape index (κ1) is 12.2. The van der Waals surface area contributed by atoms with Crippen LogP contribution < -0.4 is 11.5 Å². The van der Waals surface area contributed by atoms with Gasteiger partial charge in [0.25, 0.3) is 0 Å². The van der Waals surface area contributed by atoms with E-state index in [0.29, 0.717) is 19.0 Å². The smallest absolute Gasteiger partial charge is 0.00367 e. The maximum atomic E-state index is 5.59. The normalized spacial score (nSPS) is 11.0. The second kappa shape index (κ2) is 5.89. The van der Waals surface area contributed by atoms with Crippen molar-refractivity contribution in [3.63, 3.8) is 0 Å². The van der Waals surface area contributed by atoms with E-state index in [-0.39, 0.29) is 0 Å². The summed E-state index contributed by atoms with van der Waals surface area (Å²) in [5.41, 5.74) is 15.2. The zero-order chi connectivity index (χ0) is 11.3. The van der Waals surface area contributed by atoms with Crippen molar-refractivity contribution in [2.45, 2.75) is 32.6 Å². The average molecular weight is 206 g/mol. The summed E-state index contributed by atoms with van der Waals surface area (Å²) in [6.45, 7) is 5.86. The van der Waals surface area contributed by atoms with Crippen molar-refractivity contribution in [3.8, 4) is 0 Å². The monoisotopic (exact) mass is 206 g/mol. The summed E-state index contributed by atoms with van der Waals surface area (Å²) in [6, 6.07) is 6.75. The van der Waals surface area contributed by atoms with Gasteiger partial charge >= 0.3 is 0 Å². The second-order valence-corrected chi connectivity index (χ2v) is 4.31. The summed E-state index contributed by atoms with van der Waals surface area (Å²) < 4.78 is 0. The van der Waals surface area contributed by atoms with Crippen LogP contribution in [0.25, 0.3) is 0 Å². The fourth-order valence-electron chi connectivity index (χ4n) is 1.75. The second-order valence-electron chi connectivity index (χ2n) is 4.31. The Morgan fingerprint density at radius 1 is 0.933 bits per heavy atom. The van der Waals surface area contributed by atoms with Crippen LogP contribution in [0.4, 0.5) is 0 Å². The van der Waals surface area contributed by atoms with Gasteiger partial charge in [-0.15, -0.1) is 0 Å². The molecule has 0 heterocycles. The molecule has 84 valence electrons. The van der Waals surface area contributed by atoms with Crippen molar-refractivity contribution >= 4 is 0 Å². The van der Waals surface area contributed by atoms with E-state index in [1.165, 1.54) is 16.7 Å². The third kappa shape index (κ3) is 3.65. The van der Waals surface area contributed by atoms with Crippen LogP contribution in [0.3, 0.4) is 0 Å². The SMILES string of the molecule is CC(C)c1cc(CCN)cc(CCN)c1. The highest BCUT2D eigenvalue weighted by Gasteiger charge is 2.03. The fraction of sp³-hybridized carbons (Fsp3) is 0.538. The van der Waals surface area contributed by atoms with E-state index in [1.807, 2.05) is 0 Å². The molecular formula is C13H22N2. The Kier molecular flexibility index (Phi) is 4.79. The number of nitrogens with two attached hydrogens (primary N) is 2. The lowest BCUT2D eigenvalue weighted by atomic mass is 9.95. The van der Waals surface area contributed by atoms with Crippen molar-refractivity contribution in [1.29, 1.82) is 0 Å². The Morgan fingerprint density at radius 2 is 1.40 bits per heavy atom. The van der Waals surface area contributed by atoms with Crippen LogP contribution in [-0.4, -0.2) is 13.1 Å². The Morgan fingerprint density at radius 3 is 1.73 bits per heavy atom. The Hall–Kier alpha value is -0.860. The first-order chi connectivity index (χ1) is 7.17. The van der Waals surface area contributed by atoms with E-state index in [1.54, 1.807) is 0 Å². The predicted molar refractivity (Wildman–Crippen MR) is 66.0 cm³/mol. The van der Waals surface area contributed by atoms with Crippen LogP contribution in [0, 0.1) is 0 Å². The molecule has 0 spiro atoms. The largest absolute Gasteiger partial charge is 0.330 e. The molecule has 0 atom stereocenters. The van der Waals surface area contributed by atoms with Crippen LogP contribution in [0.5, 0.6) is 0 Å². The van der Waals surface area contributed by atoms with Gasteiger partial charge in [0.1, 0.15) is 0 Å². The number of hydrogen-bond acceptors (Lipinski definition) is 2. The highest BCUT2D eigenvalue weighted by Crippen LogP contribution is 2.19. The summed E-state index contributed by atoms with van der Waals surface area (Å²) in [7, 11) is 0. The highest BCUT2D eigenvalue weighted by molar-refractivity contribution is 5.32. The Labute approximate surface area is 92.7 Å². The summed E-state index contributed by atoms with van der Waals surface area (Å²) in [4.78, 5) is 0. The van der Waals surface area contributed by atoms with Crippen LogP contribution in [0.15, 0.2) is 18.2 Å². The first-order valence-corrected chi connectivity index (χ1v) is 5.70. The lowest BCUT2D eigenvalue weighted by molar-refractivity contribution is 0.849. The van der Waals surface area contributed by atoms with E-state index < -0.39 is 0 Å². The molecule has 1 aromatic rings. The van der Waals surface area contributed by atoms with Crippen LogP contribution in [0.1, 0.15) is 36.5 Å². The van der Waals surface area contributed by atoms with Gasteiger partial charge in [0.2, 0.25) is 0 Å². The van der Waals surface area contributed by atoms with Crippen molar-refractivity contribution in [2.24, 2.45) is 11.5 Å². The molecule has 0 bridgehead atoms. The number of rotatable bonds is 5. The van der Waals surface area contributed by atoms with Crippen LogP contribution >= 0.6 is 0 Å². The van der Waals surface area contributed by atoms with Gasteiger partial charge in [0, 0.05) is 0 Å². The maximum Gasteiger partial charge on any atom is -0.00367 e. The van der Waals surface area contributed by atoms with Gasteiger partial charge in [-0.25, -0.2) is 0 Å². The van der Waals surface area contributed by atoms with Gasteiger partial charge in [-0.05, 0) is 48.5 Å². The van der Waals surface area contributed by atoms with E-state index in [2.05, 4.69) is 32.0 Å². The lowest BCUT2D eigenvalue weighted by Crippen LogP contribution is -2.07. The van der Waals surface area contributed by atoms with Gasteiger partial charge in [-0.3, -0.25) is 0 Å². The van der Waals surface area contributed by atoms with Crippen LogP contribution in [-0.2, 0) is 12.8 Å². The minimum absolute atomic E-state index is 0.569. The molecular weight excluding hydrogens is 184 g/mol. The molecule has 0 amide bonds. The Bertz CT molecular complexity index is 281. The molecule has 0 unspecified atom stereocenters. The average Bonchev–Trinajstić information content (AvgIpc) is 2.18. The molecule has 15 heavy (non-hydrogen) atoms. The minimum Gasteiger partial charge on any atom is -0.330 e. The van der Waals surface area contributed by atoms with E-state index in [4.69, 9.17) is 11.5 Å². The molecule has 0 saturated heterocycles.